The highest BCUT2D eigenvalue weighted by molar-refractivity contribution is 6.34. The van der Waals surface area contributed by atoms with E-state index in [2.05, 4.69) is 12.2 Å². The number of carbonyl (C=O) groups excluding carboxylic acids is 1. The van der Waals surface area contributed by atoms with Crippen molar-refractivity contribution in [3.05, 3.63) is 28.8 Å². The van der Waals surface area contributed by atoms with E-state index >= 15 is 0 Å². The molecular formula is C15H18ClNO. The number of nitrogens with one attached hydrogen (secondary N) is 1. The Kier molecular flexibility index (Phi) is 2.86. The summed E-state index contributed by atoms with van der Waals surface area (Å²) in [5, 5.41) is 3.62. The topological polar surface area (TPSA) is 29.1 Å². The molecule has 1 atom stereocenters. The molecule has 1 saturated carbocycles. The number of benzene rings is 1. The molecule has 1 heterocycles. The van der Waals surface area contributed by atoms with Crippen LogP contribution in [-0.2, 0) is 4.79 Å². The monoisotopic (exact) mass is 263 g/mol. The van der Waals surface area contributed by atoms with Gasteiger partial charge < -0.3 is 5.32 Å². The molecule has 0 saturated heterocycles. The van der Waals surface area contributed by atoms with Crippen LogP contribution in [0.1, 0.15) is 50.5 Å². The van der Waals surface area contributed by atoms with E-state index in [1.165, 1.54) is 19.3 Å². The minimum atomic E-state index is -0.0218. The highest BCUT2D eigenvalue weighted by Crippen LogP contribution is 2.52. The molecule has 1 aliphatic heterocycles. The predicted molar refractivity (Wildman–Crippen MR) is 74.0 cm³/mol. The molecule has 3 heteroatoms. The van der Waals surface area contributed by atoms with Gasteiger partial charge >= 0.3 is 0 Å². The standard InChI is InChI=1S/C15H18ClNO/c1-15(8-3-2-4-9-15)12-10-6-5-7-11(16)13(10)17-14(12)18/h5-7,12H,2-4,8-9H2,1H3,(H,17,18). The fourth-order valence-electron chi connectivity index (χ4n) is 3.59. The van der Waals surface area contributed by atoms with Crippen molar-refractivity contribution in [3.63, 3.8) is 0 Å². The lowest BCUT2D eigenvalue weighted by atomic mass is 9.65. The van der Waals surface area contributed by atoms with E-state index in [4.69, 9.17) is 11.6 Å². The van der Waals surface area contributed by atoms with Gasteiger partial charge in [-0.3, -0.25) is 4.79 Å². The molecule has 0 radical (unpaired) electrons. The average molecular weight is 264 g/mol. The van der Waals surface area contributed by atoms with Crippen LogP contribution in [0.25, 0.3) is 0 Å². The fourth-order valence-corrected chi connectivity index (χ4v) is 3.82. The van der Waals surface area contributed by atoms with Crippen molar-refractivity contribution in [2.45, 2.75) is 44.9 Å². The van der Waals surface area contributed by atoms with E-state index in [-0.39, 0.29) is 17.2 Å². The second-order valence-corrected chi connectivity index (χ2v) is 6.25. The molecular weight excluding hydrogens is 246 g/mol. The lowest BCUT2D eigenvalue weighted by Gasteiger charge is -2.38. The largest absolute Gasteiger partial charge is 0.324 e. The Morgan fingerprint density at radius 2 is 2.00 bits per heavy atom. The van der Waals surface area contributed by atoms with E-state index < -0.39 is 0 Å². The van der Waals surface area contributed by atoms with Gasteiger partial charge in [-0.05, 0) is 29.9 Å². The molecule has 1 N–H and O–H groups in total. The number of amides is 1. The number of hydrogen-bond donors (Lipinski definition) is 1. The molecule has 1 aliphatic carbocycles. The highest BCUT2D eigenvalue weighted by Gasteiger charge is 2.45. The van der Waals surface area contributed by atoms with Crippen LogP contribution >= 0.6 is 11.6 Å². The number of halogens is 1. The molecule has 1 aromatic carbocycles. The molecule has 0 aromatic heterocycles. The van der Waals surface area contributed by atoms with Gasteiger partial charge in [-0.1, -0.05) is 49.9 Å². The van der Waals surface area contributed by atoms with Crippen LogP contribution in [-0.4, -0.2) is 5.91 Å². The summed E-state index contributed by atoms with van der Waals surface area (Å²) in [7, 11) is 0. The van der Waals surface area contributed by atoms with Crippen LogP contribution < -0.4 is 5.32 Å². The van der Waals surface area contributed by atoms with E-state index in [0.29, 0.717) is 5.02 Å². The van der Waals surface area contributed by atoms with Gasteiger partial charge in [0.05, 0.1) is 16.6 Å². The maximum Gasteiger partial charge on any atom is 0.232 e. The van der Waals surface area contributed by atoms with Crippen molar-refractivity contribution < 1.29 is 4.79 Å². The van der Waals surface area contributed by atoms with Crippen molar-refractivity contribution in [2.75, 3.05) is 5.32 Å². The second-order valence-electron chi connectivity index (χ2n) is 5.84. The third kappa shape index (κ3) is 1.74. The molecule has 3 rings (SSSR count). The third-order valence-electron chi connectivity index (χ3n) is 4.56. The van der Waals surface area contributed by atoms with Crippen molar-refractivity contribution >= 4 is 23.2 Å². The van der Waals surface area contributed by atoms with E-state index in [9.17, 15) is 4.79 Å². The van der Waals surface area contributed by atoms with E-state index in [1.807, 2.05) is 18.2 Å². The Bertz CT molecular complexity index is 491. The summed E-state index contributed by atoms with van der Waals surface area (Å²) in [5.41, 5.74) is 2.02. The van der Waals surface area contributed by atoms with Gasteiger partial charge in [0.25, 0.3) is 0 Å². The van der Waals surface area contributed by atoms with Crippen LogP contribution in [0.5, 0.6) is 0 Å². The smallest absolute Gasteiger partial charge is 0.232 e. The number of hydrogen-bond acceptors (Lipinski definition) is 1. The van der Waals surface area contributed by atoms with Gasteiger partial charge in [0.15, 0.2) is 0 Å². The normalized spacial score (nSPS) is 25.7. The number of fused-ring (bicyclic) bond motifs is 1. The maximum atomic E-state index is 12.3. The van der Waals surface area contributed by atoms with Crippen LogP contribution in [0.4, 0.5) is 5.69 Å². The third-order valence-corrected chi connectivity index (χ3v) is 4.87. The lowest BCUT2D eigenvalue weighted by molar-refractivity contribution is -0.120. The summed E-state index contributed by atoms with van der Waals surface area (Å²) >= 11 is 6.17. The number of rotatable bonds is 1. The molecule has 1 fully saturated rings. The zero-order chi connectivity index (χ0) is 12.8. The summed E-state index contributed by atoms with van der Waals surface area (Å²) < 4.78 is 0. The average Bonchev–Trinajstić information content (AvgIpc) is 2.68. The maximum absolute atomic E-state index is 12.3. The molecule has 1 aromatic rings. The molecule has 0 bridgehead atoms. The molecule has 0 spiro atoms. The summed E-state index contributed by atoms with van der Waals surface area (Å²) in [6, 6.07) is 5.83. The first-order valence-electron chi connectivity index (χ1n) is 6.71. The van der Waals surface area contributed by atoms with E-state index in [1.54, 1.807) is 0 Å². The Morgan fingerprint density at radius 3 is 2.72 bits per heavy atom. The number of anilines is 1. The first-order valence-corrected chi connectivity index (χ1v) is 7.09. The second kappa shape index (κ2) is 4.27. The molecule has 96 valence electrons. The first-order chi connectivity index (χ1) is 8.62. The number of carbonyl (C=O) groups is 1. The lowest BCUT2D eigenvalue weighted by Crippen LogP contribution is -2.32. The fraction of sp³-hybridized carbons (Fsp3) is 0.533. The minimum absolute atomic E-state index is 0.0218. The van der Waals surface area contributed by atoms with Crippen molar-refractivity contribution in [1.29, 1.82) is 0 Å². The van der Waals surface area contributed by atoms with Crippen LogP contribution in [0, 0.1) is 5.41 Å². The summed E-state index contributed by atoms with van der Waals surface area (Å²) in [6.07, 6.45) is 6.03. The Morgan fingerprint density at radius 1 is 1.28 bits per heavy atom. The summed E-state index contributed by atoms with van der Waals surface area (Å²) in [4.78, 5) is 12.3. The van der Waals surface area contributed by atoms with Crippen molar-refractivity contribution in [2.24, 2.45) is 5.41 Å². The van der Waals surface area contributed by atoms with Gasteiger partial charge in [0.1, 0.15) is 0 Å². The van der Waals surface area contributed by atoms with Crippen LogP contribution in [0.15, 0.2) is 18.2 Å². The first kappa shape index (κ1) is 12.0. The Hall–Kier alpha value is -1.02. The highest BCUT2D eigenvalue weighted by atomic mass is 35.5. The molecule has 1 amide bonds. The van der Waals surface area contributed by atoms with Crippen LogP contribution in [0.3, 0.4) is 0 Å². The van der Waals surface area contributed by atoms with Gasteiger partial charge in [-0.15, -0.1) is 0 Å². The van der Waals surface area contributed by atoms with E-state index in [0.717, 1.165) is 24.1 Å². The Balaban J connectivity index is 2.03. The van der Waals surface area contributed by atoms with Crippen molar-refractivity contribution in [1.82, 2.24) is 0 Å². The summed E-state index contributed by atoms with van der Waals surface area (Å²) in [6.45, 7) is 2.26. The van der Waals surface area contributed by atoms with Gasteiger partial charge in [-0.25, -0.2) is 0 Å². The zero-order valence-corrected chi connectivity index (χ0v) is 11.4. The van der Waals surface area contributed by atoms with Gasteiger partial charge in [0, 0.05) is 0 Å². The quantitative estimate of drug-likeness (QED) is 0.802. The van der Waals surface area contributed by atoms with Gasteiger partial charge in [0.2, 0.25) is 5.91 Å². The Labute approximate surface area is 113 Å². The molecule has 2 nitrogen and oxygen atoms in total. The minimum Gasteiger partial charge on any atom is -0.324 e. The molecule has 18 heavy (non-hydrogen) atoms. The van der Waals surface area contributed by atoms with Gasteiger partial charge in [-0.2, -0.15) is 0 Å². The SMILES string of the molecule is CC1(C2C(=O)Nc3c(Cl)cccc32)CCCCC1. The van der Waals surface area contributed by atoms with Crippen LogP contribution in [0.2, 0.25) is 5.02 Å². The molecule has 2 aliphatic rings. The number of para-hydroxylation sites is 1. The molecule has 1 unspecified atom stereocenters. The summed E-state index contributed by atoms with van der Waals surface area (Å²) in [5.74, 6) is 0.106. The zero-order valence-electron chi connectivity index (χ0n) is 10.6. The predicted octanol–water partition coefficient (Wildman–Crippen LogP) is 4.35. The van der Waals surface area contributed by atoms with Crippen molar-refractivity contribution in [3.8, 4) is 0 Å².